The Morgan fingerprint density at radius 2 is 1.56 bits per heavy atom. The summed E-state index contributed by atoms with van der Waals surface area (Å²) in [6, 6.07) is 10.2. The fourth-order valence-corrected chi connectivity index (χ4v) is 3.72. The summed E-state index contributed by atoms with van der Waals surface area (Å²) in [4.78, 5) is 24.7. The number of rotatable bonds is 8. The third-order valence-corrected chi connectivity index (χ3v) is 5.46. The lowest BCUT2D eigenvalue weighted by Crippen LogP contribution is -2.24. The molecule has 0 radical (unpaired) electrons. The van der Waals surface area contributed by atoms with Gasteiger partial charge in [0.05, 0.1) is 27.5 Å². The zero-order valence-corrected chi connectivity index (χ0v) is 18.6. The first-order valence-corrected chi connectivity index (χ1v) is 10.6. The summed E-state index contributed by atoms with van der Waals surface area (Å²) in [7, 11) is 4.59. The molecule has 0 bridgehead atoms. The molecule has 0 saturated heterocycles. The van der Waals surface area contributed by atoms with Crippen LogP contribution in [-0.2, 0) is 4.79 Å². The number of methoxy groups -OCH3 is 3. The molecule has 3 rings (SSSR count). The quantitative estimate of drug-likeness (QED) is 0.479. The predicted octanol–water partition coefficient (Wildman–Crippen LogP) is 4.00. The number of carbonyl (C=O) groups excluding carboxylic acids is 2. The first-order chi connectivity index (χ1) is 15.5. The van der Waals surface area contributed by atoms with Gasteiger partial charge in [0.25, 0.3) is 5.91 Å². The van der Waals surface area contributed by atoms with E-state index in [1.807, 2.05) is 0 Å². The Balaban J connectivity index is 1.59. The SMILES string of the molecule is COc1cc(/C=N/NC(=O)c2ccc(NC(=O)C3CCCCC3)cc2)cc(OC)c1OC. The monoisotopic (exact) mass is 439 g/mol. The van der Waals surface area contributed by atoms with Crippen LogP contribution < -0.4 is 25.0 Å². The number of hydrogen-bond donors (Lipinski definition) is 2. The number of hydrazone groups is 1. The second kappa shape index (κ2) is 11.2. The molecule has 0 spiro atoms. The maximum Gasteiger partial charge on any atom is 0.271 e. The molecule has 1 fully saturated rings. The van der Waals surface area contributed by atoms with Crippen molar-refractivity contribution < 1.29 is 23.8 Å². The Morgan fingerprint density at radius 3 is 2.12 bits per heavy atom. The van der Waals surface area contributed by atoms with E-state index in [4.69, 9.17) is 14.2 Å². The Labute approximate surface area is 187 Å². The van der Waals surface area contributed by atoms with Crippen molar-refractivity contribution in [3.05, 3.63) is 47.5 Å². The molecule has 0 unspecified atom stereocenters. The smallest absolute Gasteiger partial charge is 0.271 e. The van der Waals surface area contributed by atoms with E-state index in [0.29, 0.717) is 34.1 Å². The average Bonchev–Trinajstić information content (AvgIpc) is 2.84. The highest BCUT2D eigenvalue weighted by molar-refractivity contribution is 5.96. The summed E-state index contributed by atoms with van der Waals surface area (Å²) < 4.78 is 15.9. The fraction of sp³-hybridized carbons (Fsp3) is 0.375. The molecule has 0 aromatic heterocycles. The lowest BCUT2D eigenvalue weighted by molar-refractivity contribution is -0.120. The summed E-state index contributed by atoms with van der Waals surface area (Å²) in [6.45, 7) is 0. The lowest BCUT2D eigenvalue weighted by atomic mass is 9.88. The van der Waals surface area contributed by atoms with E-state index in [2.05, 4.69) is 15.8 Å². The minimum absolute atomic E-state index is 0.0526. The summed E-state index contributed by atoms with van der Waals surface area (Å²) in [5.41, 5.74) is 4.27. The van der Waals surface area contributed by atoms with Crippen LogP contribution in [0.5, 0.6) is 17.2 Å². The molecule has 0 heterocycles. The van der Waals surface area contributed by atoms with E-state index in [0.717, 1.165) is 25.7 Å². The van der Waals surface area contributed by atoms with Crippen LogP contribution in [0.2, 0.25) is 0 Å². The van der Waals surface area contributed by atoms with E-state index in [9.17, 15) is 9.59 Å². The number of amides is 2. The molecule has 2 aromatic carbocycles. The van der Waals surface area contributed by atoms with Gasteiger partial charge in [-0.05, 0) is 49.2 Å². The van der Waals surface area contributed by atoms with Crippen molar-refractivity contribution in [1.29, 1.82) is 0 Å². The van der Waals surface area contributed by atoms with E-state index < -0.39 is 0 Å². The molecule has 8 heteroatoms. The van der Waals surface area contributed by atoms with Crippen LogP contribution in [0.4, 0.5) is 5.69 Å². The third-order valence-electron chi connectivity index (χ3n) is 5.46. The van der Waals surface area contributed by atoms with E-state index in [1.54, 1.807) is 36.4 Å². The number of nitrogens with zero attached hydrogens (tertiary/aromatic N) is 1. The second-order valence-corrected chi connectivity index (χ2v) is 7.56. The van der Waals surface area contributed by atoms with Crippen LogP contribution in [0.1, 0.15) is 48.0 Å². The number of hydrogen-bond acceptors (Lipinski definition) is 6. The molecule has 170 valence electrons. The average molecular weight is 440 g/mol. The lowest BCUT2D eigenvalue weighted by Gasteiger charge is -2.20. The molecule has 1 aliphatic carbocycles. The van der Waals surface area contributed by atoms with Crippen molar-refractivity contribution in [2.45, 2.75) is 32.1 Å². The van der Waals surface area contributed by atoms with Gasteiger partial charge >= 0.3 is 0 Å². The standard InChI is InChI=1S/C24H29N3O5/c1-30-20-13-16(14-21(31-2)22(20)32-3)15-25-27-24(29)18-9-11-19(12-10-18)26-23(28)17-7-5-4-6-8-17/h9-15,17H,4-8H2,1-3H3,(H,26,28)(H,27,29)/b25-15+. The predicted molar refractivity (Wildman–Crippen MR) is 123 cm³/mol. The molecule has 1 aliphatic rings. The van der Waals surface area contributed by atoms with Crippen LogP contribution in [0, 0.1) is 5.92 Å². The molecule has 32 heavy (non-hydrogen) atoms. The van der Waals surface area contributed by atoms with E-state index >= 15 is 0 Å². The normalized spacial score (nSPS) is 14.1. The third kappa shape index (κ3) is 5.78. The first-order valence-electron chi connectivity index (χ1n) is 10.6. The minimum Gasteiger partial charge on any atom is -0.493 e. The van der Waals surface area contributed by atoms with Crippen LogP contribution in [0.3, 0.4) is 0 Å². The molecular formula is C24H29N3O5. The molecular weight excluding hydrogens is 410 g/mol. The Morgan fingerprint density at radius 1 is 0.938 bits per heavy atom. The van der Waals surface area contributed by atoms with Crippen LogP contribution >= 0.6 is 0 Å². The van der Waals surface area contributed by atoms with E-state index in [-0.39, 0.29) is 17.7 Å². The van der Waals surface area contributed by atoms with Gasteiger partial charge in [-0.3, -0.25) is 9.59 Å². The van der Waals surface area contributed by atoms with Gasteiger partial charge in [-0.1, -0.05) is 19.3 Å². The molecule has 2 N–H and O–H groups in total. The number of benzene rings is 2. The highest BCUT2D eigenvalue weighted by atomic mass is 16.5. The summed E-state index contributed by atoms with van der Waals surface area (Å²) in [5.74, 6) is 1.23. The van der Waals surface area contributed by atoms with Crippen LogP contribution in [0.25, 0.3) is 0 Å². The minimum atomic E-state index is -0.362. The molecule has 1 saturated carbocycles. The summed E-state index contributed by atoms with van der Waals surface area (Å²) in [5, 5.41) is 6.95. The summed E-state index contributed by atoms with van der Waals surface area (Å²) >= 11 is 0. The number of anilines is 1. The van der Waals surface area contributed by atoms with Crippen LogP contribution in [-0.4, -0.2) is 39.4 Å². The maximum absolute atomic E-state index is 12.4. The molecule has 0 atom stereocenters. The second-order valence-electron chi connectivity index (χ2n) is 7.56. The highest BCUT2D eigenvalue weighted by Crippen LogP contribution is 2.37. The highest BCUT2D eigenvalue weighted by Gasteiger charge is 2.21. The molecule has 8 nitrogen and oxygen atoms in total. The van der Waals surface area contributed by atoms with Gasteiger partial charge in [0.2, 0.25) is 11.7 Å². The van der Waals surface area contributed by atoms with Crippen molar-refractivity contribution in [2.75, 3.05) is 26.6 Å². The van der Waals surface area contributed by atoms with Gasteiger partial charge in [-0.2, -0.15) is 5.10 Å². The summed E-state index contributed by atoms with van der Waals surface area (Å²) in [6.07, 6.45) is 6.78. The Kier molecular flexibility index (Phi) is 8.08. The molecule has 0 aliphatic heterocycles. The van der Waals surface area contributed by atoms with Crippen molar-refractivity contribution >= 4 is 23.7 Å². The van der Waals surface area contributed by atoms with Gasteiger partial charge in [-0.25, -0.2) is 5.43 Å². The first kappa shape index (κ1) is 23.1. The fourth-order valence-electron chi connectivity index (χ4n) is 3.72. The number of carbonyl (C=O) groups is 2. The maximum atomic E-state index is 12.4. The zero-order chi connectivity index (χ0) is 22.9. The van der Waals surface area contributed by atoms with E-state index in [1.165, 1.54) is 34.0 Å². The van der Waals surface area contributed by atoms with Crippen molar-refractivity contribution in [2.24, 2.45) is 11.0 Å². The Bertz CT molecular complexity index is 941. The topological polar surface area (TPSA) is 98.2 Å². The number of nitrogens with one attached hydrogen (secondary N) is 2. The largest absolute Gasteiger partial charge is 0.493 e. The van der Waals surface area contributed by atoms with Crippen molar-refractivity contribution in [3.63, 3.8) is 0 Å². The Hall–Kier alpha value is -3.55. The van der Waals surface area contributed by atoms with Crippen molar-refractivity contribution in [1.82, 2.24) is 5.43 Å². The van der Waals surface area contributed by atoms with Crippen LogP contribution in [0.15, 0.2) is 41.5 Å². The zero-order valence-electron chi connectivity index (χ0n) is 18.6. The van der Waals surface area contributed by atoms with Gasteiger partial charge in [0, 0.05) is 22.7 Å². The molecule has 2 aromatic rings. The van der Waals surface area contributed by atoms with Gasteiger partial charge in [0.1, 0.15) is 0 Å². The molecule has 2 amide bonds. The van der Waals surface area contributed by atoms with Gasteiger partial charge in [0.15, 0.2) is 11.5 Å². The number of ether oxygens (including phenoxy) is 3. The van der Waals surface area contributed by atoms with Gasteiger partial charge in [-0.15, -0.1) is 0 Å². The van der Waals surface area contributed by atoms with Crippen molar-refractivity contribution in [3.8, 4) is 17.2 Å². The van der Waals surface area contributed by atoms with Gasteiger partial charge < -0.3 is 19.5 Å².